The number of thiazole rings is 1. The molecule has 0 aliphatic rings. The number of rotatable bonds is 8. The summed E-state index contributed by atoms with van der Waals surface area (Å²) in [4.78, 5) is 19.9. The number of fused-ring (bicyclic) bond motifs is 1. The second-order valence-electron chi connectivity index (χ2n) is 7.83. The molecule has 0 saturated carbocycles. The normalized spacial score (nSPS) is 12.0. The molecule has 0 saturated heterocycles. The number of hydrogen-bond acceptors (Lipinski definition) is 6. The van der Waals surface area contributed by atoms with Crippen LogP contribution in [0.15, 0.2) is 71.9 Å². The van der Waals surface area contributed by atoms with Gasteiger partial charge in [-0.25, -0.2) is 13.4 Å². The van der Waals surface area contributed by atoms with Crippen LogP contribution in [-0.4, -0.2) is 53.0 Å². The average molecular weight is 484 g/mol. The van der Waals surface area contributed by atoms with Gasteiger partial charge in [-0.2, -0.15) is 9.40 Å². The molecule has 0 aliphatic heterocycles. The van der Waals surface area contributed by atoms with E-state index in [-0.39, 0.29) is 16.8 Å². The highest BCUT2D eigenvalue weighted by atomic mass is 32.2. The maximum Gasteiger partial charge on any atom is 0.260 e. The highest BCUT2D eigenvalue weighted by molar-refractivity contribution is 7.89. The van der Waals surface area contributed by atoms with Gasteiger partial charge in [0, 0.05) is 37.6 Å². The Hall–Kier alpha value is -3.08. The Kier molecular flexibility index (Phi) is 6.59. The lowest BCUT2D eigenvalue weighted by atomic mass is 10.2. The lowest BCUT2D eigenvalue weighted by Crippen LogP contribution is -2.34. The van der Waals surface area contributed by atoms with Crippen molar-refractivity contribution in [3.05, 3.63) is 72.6 Å². The van der Waals surface area contributed by atoms with Gasteiger partial charge in [-0.1, -0.05) is 23.5 Å². The minimum absolute atomic E-state index is 0.151. The molecule has 0 bridgehead atoms. The number of carbonyl (C=O) groups excluding carboxylic acids is 1. The number of hydrogen-bond donors (Lipinski definition) is 0. The molecular formula is C23H25N5O3S2. The molecule has 33 heavy (non-hydrogen) atoms. The molecule has 0 fully saturated rings. The van der Waals surface area contributed by atoms with E-state index in [9.17, 15) is 13.2 Å². The number of amides is 1. The van der Waals surface area contributed by atoms with Gasteiger partial charge in [-0.05, 0) is 56.3 Å². The van der Waals surface area contributed by atoms with Crippen molar-refractivity contribution in [3.8, 4) is 0 Å². The summed E-state index contributed by atoms with van der Waals surface area (Å²) in [7, 11) is -2.08. The van der Waals surface area contributed by atoms with Crippen LogP contribution in [0.3, 0.4) is 0 Å². The van der Waals surface area contributed by atoms with Gasteiger partial charge < -0.3 is 0 Å². The number of aromatic nitrogens is 3. The highest BCUT2D eigenvalue weighted by Crippen LogP contribution is 2.30. The first-order valence-corrected chi connectivity index (χ1v) is 12.8. The van der Waals surface area contributed by atoms with E-state index in [0.717, 1.165) is 10.2 Å². The summed E-state index contributed by atoms with van der Waals surface area (Å²) in [5, 5.41) is 4.80. The van der Waals surface area contributed by atoms with Crippen LogP contribution in [0.5, 0.6) is 0 Å². The molecule has 0 atom stereocenters. The third kappa shape index (κ3) is 4.82. The van der Waals surface area contributed by atoms with E-state index in [4.69, 9.17) is 0 Å². The molecule has 4 aromatic rings. The Morgan fingerprint density at radius 1 is 1.09 bits per heavy atom. The largest absolute Gasteiger partial charge is 0.282 e. The van der Waals surface area contributed by atoms with E-state index in [2.05, 4.69) is 10.1 Å². The van der Waals surface area contributed by atoms with Gasteiger partial charge in [0.2, 0.25) is 10.0 Å². The number of nitrogens with zero attached hydrogens (tertiary/aromatic N) is 5. The first kappa shape index (κ1) is 23.1. The minimum Gasteiger partial charge on any atom is -0.282 e. The van der Waals surface area contributed by atoms with E-state index in [0.29, 0.717) is 23.8 Å². The SMILES string of the molecule is CC(C)N(C)S(=O)(=O)c1ccc(C(=O)N(CCn2cccn2)c2nc3ccccc3s2)cc1. The van der Waals surface area contributed by atoms with Crippen LogP contribution in [0.2, 0.25) is 0 Å². The zero-order chi connectivity index (χ0) is 23.6. The molecule has 8 nitrogen and oxygen atoms in total. The summed E-state index contributed by atoms with van der Waals surface area (Å²) in [6.07, 6.45) is 3.53. The van der Waals surface area contributed by atoms with Gasteiger partial charge in [0.25, 0.3) is 5.91 Å². The van der Waals surface area contributed by atoms with Gasteiger partial charge >= 0.3 is 0 Å². The highest BCUT2D eigenvalue weighted by Gasteiger charge is 2.25. The quantitative estimate of drug-likeness (QED) is 0.380. The number of sulfonamides is 1. The van der Waals surface area contributed by atoms with Crippen LogP contribution < -0.4 is 4.90 Å². The molecule has 10 heteroatoms. The van der Waals surface area contributed by atoms with E-state index in [1.807, 2.05) is 50.4 Å². The number of anilines is 1. The van der Waals surface area contributed by atoms with E-state index in [1.54, 1.807) is 35.0 Å². The second-order valence-corrected chi connectivity index (χ2v) is 10.8. The van der Waals surface area contributed by atoms with Gasteiger partial charge in [0.15, 0.2) is 5.13 Å². The van der Waals surface area contributed by atoms with Gasteiger partial charge in [0.1, 0.15) is 0 Å². The number of benzene rings is 2. The maximum atomic E-state index is 13.5. The Morgan fingerprint density at radius 3 is 2.45 bits per heavy atom. The number of para-hydroxylation sites is 1. The average Bonchev–Trinajstić information content (AvgIpc) is 3.48. The van der Waals surface area contributed by atoms with Crippen LogP contribution in [0.1, 0.15) is 24.2 Å². The fourth-order valence-electron chi connectivity index (χ4n) is 3.26. The molecule has 0 spiro atoms. The number of carbonyl (C=O) groups is 1. The van der Waals surface area contributed by atoms with Crippen molar-refractivity contribution in [2.24, 2.45) is 0 Å². The standard InChI is InChI=1S/C23H25N5O3S2/c1-17(2)26(3)33(30,31)19-11-9-18(10-12-19)22(29)28(16-15-27-14-6-13-24-27)23-25-20-7-4-5-8-21(20)32-23/h4-14,17H,15-16H2,1-3H3. The van der Waals surface area contributed by atoms with Crippen molar-refractivity contribution < 1.29 is 13.2 Å². The van der Waals surface area contributed by atoms with E-state index < -0.39 is 10.0 Å². The third-order valence-corrected chi connectivity index (χ3v) is 8.48. The Labute approximate surface area is 197 Å². The predicted molar refractivity (Wildman–Crippen MR) is 130 cm³/mol. The van der Waals surface area contributed by atoms with Crippen molar-refractivity contribution in [2.75, 3.05) is 18.5 Å². The van der Waals surface area contributed by atoms with Crippen LogP contribution in [0.4, 0.5) is 5.13 Å². The zero-order valence-corrected chi connectivity index (χ0v) is 20.3. The monoisotopic (exact) mass is 483 g/mol. The molecule has 4 rings (SSSR count). The molecule has 0 N–H and O–H groups in total. The third-order valence-electron chi connectivity index (χ3n) is 5.38. The summed E-state index contributed by atoms with van der Waals surface area (Å²) >= 11 is 1.44. The fourth-order valence-corrected chi connectivity index (χ4v) is 5.62. The Morgan fingerprint density at radius 2 is 1.82 bits per heavy atom. The van der Waals surface area contributed by atoms with E-state index in [1.165, 1.54) is 27.8 Å². The Bertz CT molecular complexity index is 1310. The van der Waals surface area contributed by atoms with Crippen molar-refractivity contribution in [1.29, 1.82) is 0 Å². The topological polar surface area (TPSA) is 88.4 Å². The van der Waals surface area contributed by atoms with Gasteiger partial charge in [-0.3, -0.25) is 14.4 Å². The lowest BCUT2D eigenvalue weighted by Gasteiger charge is -2.22. The fraction of sp³-hybridized carbons (Fsp3) is 0.261. The predicted octanol–water partition coefficient (Wildman–Crippen LogP) is 3.87. The molecule has 1 amide bonds. The van der Waals surface area contributed by atoms with Crippen LogP contribution in [0.25, 0.3) is 10.2 Å². The smallest absolute Gasteiger partial charge is 0.260 e. The van der Waals surface area contributed by atoms with Crippen LogP contribution >= 0.6 is 11.3 Å². The molecule has 172 valence electrons. The van der Waals surface area contributed by atoms with Crippen molar-refractivity contribution in [1.82, 2.24) is 19.1 Å². The summed E-state index contributed by atoms with van der Waals surface area (Å²) in [6, 6.07) is 15.5. The molecular weight excluding hydrogens is 458 g/mol. The first-order valence-electron chi connectivity index (χ1n) is 10.5. The molecule has 0 unspecified atom stereocenters. The maximum absolute atomic E-state index is 13.5. The van der Waals surface area contributed by atoms with Gasteiger partial charge in [0.05, 0.1) is 21.7 Å². The van der Waals surface area contributed by atoms with Gasteiger partial charge in [-0.15, -0.1) is 0 Å². The van der Waals surface area contributed by atoms with Crippen molar-refractivity contribution in [3.63, 3.8) is 0 Å². The lowest BCUT2D eigenvalue weighted by molar-refractivity contribution is 0.0985. The van der Waals surface area contributed by atoms with Crippen molar-refractivity contribution in [2.45, 2.75) is 31.3 Å². The molecule has 2 heterocycles. The summed E-state index contributed by atoms with van der Waals surface area (Å²) in [5.41, 5.74) is 1.22. The molecule has 2 aromatic heterocycles. The second kappa shape index (κ2) is 9.42. The van der Waals surface area contributed by atoms with Crippen LogP contribution in [-0.2, 0) is 16.6 Å². The van der Waals surface area contributed by atoms with Crippen molar-refractivity contribution >= 4 is 42.6 Å². The van der Waals surface area contributed by atoms with E-state index >= 15 is 0 Å². The summed E-state index contributed by atoms with van der Waals surface area (Å²) in [5.74, 6) is -0.248. The van der Waals surface area contributed by atoms with Crippen LogP contribution in [0, 0.1) is 0 Å². The molecule has 0 aliphatic carbocycles. The Balaban J connectivity index is 1.64. The minimum atomic E-state index is -3.62. The first-order chi connectivity index (χ1) is 15.8. The molecule has 0 radical (unpaired) electrons. The zero-order valence-electron chi connectivity index (χ0n) is 18.6. The summed E-state index contributed by atoms with van der Waals surface area (Å²) in [6.45, 7) is 4.49. The molecule has 2 aromatic carbocycles. The summed E-state index contributed by atoms with van der Waals surface area (Å²) < 4.78 is 29.6.